The van der Waals surface area contributed by atoms with Crippen LogP contribution in [0.15, 0.2) is 18.2 Å². The van der Waals surface area contributed by atoms with Gasteiger partial charge < -0.3 is 20.5 Å². The molecule has 0 aliphatic heterocycles. The zero-order chi connectivity index (χ0) is 15.1. The minimum Gasteiger partial charge on any atom is -0.497 e. The van der Waals surface area contributed by atoms with Crippen LogP contribution in [0.1, 0.15) is 23.7 Å². The molecule has 0 saturated heterocycles. The van der Waals surface area contributed by atoms with E-state index in [-0.39, 0.29) is 30.1 Å². The molecule has 0 aliphatic carbocycles. The van der Waals surface area contributed by atoms with Gasteiger partial charge in [-0.05, 0) is 12.1 Å². The Labute approximate surface area is 115 Å². The molecule has 7 nitrogen and oxygen atoms in total. The van der Waals surface area contributed by atoms with E-state index in [0.717, 1.165) is 0 Å². The maximum atomic E-state index is 11.7. The van der Waals surface area contributed by atoms with Crippen molar-refractivity contribution in [3.63, 3.8) is 0 Å². The van der Waals surface area contributed by atoms with Gasteiger partial charge in [-0.1, -0.05) is 0 Å². The molecule has 0 aromatic heterocycles. The molecule has 2 amide bonds. The quantitative estimate of drug-likeness (QED) is 0.716. The largest absolute Gasteiger partial charge is 0.497 e. The molecule has 0 saturated carbocycles. The van der Waals surface area contributed by atoms with Crippen molar-refractivity contribution in [1.29, 1.82) is 0 Å². The van der Waals surface area contributed by atoms with Gasteiger partial charge in [-0.15, -0.1) is 0 Å². The molecule has 20 heavy (non-hydrogen) atoms. The summed E-state index contributed by atoms with van der Waals surface area (Å²) >= 11 is 0. The Bertz CT molecular complexity index is 527. The van der Waals surface area contributed by atoms with Crippen LogP contribution in [0.25, 0.3) is 0 Å². The van der Waals surface area contributed by atoms with Crippen LogP contribution in [0.4, 0.5) is 5.69 Å². The summed E-state index contributed by atoms with van der Waals surface area (Å²) in [5, 5.41) is 14.0. The molecule has 0 fully saturated rings. The molecule has 0 bridgehead atoms. The third-order valence-corrected chi connectivity index (χ3v) is 2.46. The van der Waals surface area contributed by atoms with Gasteiger partial charge in [-0.25, -0.2) is 4.79 Å². The summed E-state index contributed by atoms with van der Waals surface area (Å²) in [5.74, 6) is -1.34. The third-order valence-electron chi connectivity index (χ3n) is 2.46. The number of carbonyl (C=O) groups excluding carboxylic acids is 2. The molecule has 0 atom stereocenters. The first-order valence-electron chi connectivity index (χ1n) is 5.89. The zero-order valence-corrected chi connectivity index (χ0v) is 11.2. The number of hydrogen-bond acceptors (Lipinski definition) is 4. The maximum absolute atomic E-state index is 11.7. The summed E-state index contributed by atoms with van der Waals surface area (Å²) in [5.41, 5.74) is 0.128. The van der Waals surface area contributed by atoms with Gasteiger partial charge in [0.1, 0.15) is 5.75 Å². The lowest BCUT2D eigenvalue weighted by molar-refractivity contribution is -0.119. The Morgan fingerprint density at radius 2 is 2.00 bits per heavy atom. The maximum Gasteiger partial charge on any atom is 0.337 e. The molecule has 1 aromatic carbocycles. The minimum absolute atomic E-state index is 0.0290. The van der Waals surface area contributed by atoms with E-state index in [0.29, 0.717) is 5.75 Å². The van der Waals surface area contributed by atoms with E-state index >= 15 is 0 Å². The van der Waals surface area contributed by atoms with Crippen LogP contribution in [0.5, 0.6) is 5.75 Å². The van der Waals surface area contributed by atoms with Crippen LogP contribution in [0, 0.1) is 0 Å². The van der Waals surface area contributed by atoms with Crippen LogP contribution in [0.3, 0.4) is 0 Å². The predicted octanol–water partition coefficient (Wildman–Crippen LogP) is 0.858. The fourth-order valence-electron chi connectivity index (χ4n) is 1.51. The first-order valence-corrected chi connectivity index (χ1v) is 5.89. The highest BCUT2D eigenvalue weighted by atomic mass is 16.5. The highest BCUT2D eigenvalue weighted by Crippen LogP contribution is 2.22. The number of methoxy groups -OCH3 is 1. The third kappa shape index (κ3) is 4.60. The molecule has 0 heterocycles. The summed E-state index contributed by atoms with van der Waals surface area (Å²) in [7, 11) is 1.44. The number of ether oxygens (including phenoxy) is 1. The zero-order valence-electron chi connectivity index (χ0n) is 11.2. The highest BCUT2D eigenvalue weighted by Gasteiger charge is 2.13. The Hall–Kier alpha value is -2.57. The second-order valence-corrected chi connectivity index (χ2v) is 4.00. The van der Waals surface area contributed by atoms with Crippen molar-refractivity contribution in [2.75, 3.05) is 19.0 Å². The molecule has 3 N–H and O–H groups in total. The topological polar surface area (TPSA) is 105 Å². The molecule has 1 rings (SSSR count). The monoisotopic (exact) mass is 280 g/mol. The Morgan fingerprint density at radius 1 is 1.30 bits per heavy atom. The van der Waals surface area contributed by atoms with Gasteiger partial charge in [0.2, 0.25) is 11.8 Å². The van der Waals surface area contributed by atoms with Crippen molar-refractivity contribution in [1.82, 2.24) is 5.32 Å². The normalized spacial score (nSPS) is 9.70. The van der Waals surface area contributed by atoms with Gasteiger partial charge >= 0.3 is 5.97 Å². The lowest BCUT2D eigenvalue weighted by atomic mass is 10.1. The van der Waals surface area contributed by atoms with Crippen LogP contribution in [0.2, 0.25) is 0 Å². The molecule has 0 aliphatic rings. The number of carbonyl (C=O) groups is 3. The number of nitrogens with one attached hydrogen (secondary N) is 2. The SMILES string of the molecule is COc1ccc(C(=O)O)c(NC(=O)CCNC(C)=O)c1. The van der Waals surface area contributed by atoms with Gasteiger partial charge in [0.25, 0.3) is 0 Å². The summed E-state index contributed by atoms with van der Waals surface area (Å²) in [6.07, 6.45) is 0.0514. The highest BCUT2D eigenvalue weighted by molar-refractivity contribution is 6.00. The number of aromatic carboxylic acids is 1. The molecule has 0 unspecified atom stereocenters. The van der Waals surface area contributed by atoms with E-state index in [1.165, 1.54) is 32.2 Å². The molecule has 0 radical (unpaired) electrons. The number of anilines is 1. The van der Waals surface area contributed by atoms with Crippen molar-refractivity contribution >= 4 is 23.5 Å². The van der Waals surface area contributed by atoms with Crippen LogP contribution in [-0.4, -0.2) is 36.5 Å². The van der Waals surface area contributed by atoms with Crippen LogP contribution in [-0.2, 0) is 9.59 Å². The van der Waals surface area contributed by atoms with Gasteiger partial charge in [0.05, 0.1) is 18.4 Å². The molecule has 7 heteroatoms. The van der Waals surface area contributed by atoms with Crippen LogP contribution >= 0.6 is 0 Å². The first kappa shape index (κ1) is 15.5. The van der Waals surface area contributed by atoms with Gasteiger partial charge in [-0.3, -0.25) is 9.59 Å². The average Bonchev–Trinajstić information content (AvgIpc) is 2.37. The first-order chi connectivity index (χ1) is 9.43. The molecular formula is C13H16N2O5. The fraction of sp³-hybridized carbons (Fsp3) is 0.308. The number of amides is 2. The summed E-state index contributed by atoms with van der Waals surface area (Å²) < 4.78 is 4.98. The Kier molecular flexibility index (Phi) is 5.52. The van der Waals surface area contributed by atoms with Gasteiger partial charge in [0.15, 0.2) is 0 Å². The van der Waals surface area contributed by atoms with E-state index in [2.05, 4.69) is 10.6 Å². The lowest BCUT2D eigenvalue weighted by Crippen LogP contribution is -2.25. The summed E-state index contributed by atoms with van der Waals surface area (Å²) in [4.78, 5) is 33.4. The number of hydrogen-bond donors (Lipinski definition) is 3. The minimum atomic E-state index is -1.15. The molecule has 1 aromatic rings. The number of rotatable bonds is 6. The Morgan fingerprint density at radius 3 is 2.55 bits per heavy atom. The number of carboxylic acid groups (broad SMARTS) is 1. The number of carboxylic acids is 1. The predicted molar refractivity (Wildman–Crippen MR) is 71.9 cm³/mol. The summed E-state index contributed by atoms with van der Waals surface area (Å²) in [6, 6.07) is 4.28. The molecular weight excluding hydrogens is 264 g/mol. The van der Waals surface area contributed by atoms with Crippen molar-refractivity contribution in [2.24, 2.45) is 0 Å². The van der Waals surface area contributed by atoms with Crippen molar-refractivity contribution in [3.8, 4) is 5.75 Å². The summed E-state index contributed by atoms with van der Waals surface area (Å²) in [6.45, 7) is 1.54. The smallest absolute Gasteiger partial charge is 0.337 e. The van der Waals surface area contributed by atoms with Crippen LogP contribution < -0.4 is 15.4 Å². The van der Waals surface area contributed by atoms with E-state index in [9.17, 15) is 14.4 Å². The standard InChI is InChI=1S/C13H16N2O5/c1-8(16)14-6-5-12(17)15-11-7-9(20-2)3-4-10(11)13(18)19/h3-4,7H,5-6H2,1-2H3,(H,14,16)(H,15,17)(H,18,19). The lowest BCUT2D eigenvalue weighted by Gasteiger charge is -2.10. The average molecular weight is 280 g/mol. The molecule has 0 spiro atoms. The van der Waals surface area contributed by atoms with E-state index in [1.807, 2.05) is 0 Å². The Balaban J connectivity index is 2.76. The second-order valence-electron chi connectivity index (χ2n) is 4.00. The van der Waals surface area contributed by atoms with Gasteiger partial charge in [0, 0.05) is 26.0 Å². The fourth-order valence-corrected chi connectivity index (χ4v) is 1.51. The number of benzene rings is 1. The van der Waals surface area contributed by atoms with E-state index in [4.69, 9.17) is 9.84 Å². The second kappa shape index (κ2) is 7.13. The van der Waals surface area contributed by atoms with Crippen molar-refractivity contribution in [2.45, 2.75) is 13.3 Å². The molecule has 108 valence electrons. The van der Waals surface area contributed by atoms with E-state index in [1.54, 1.807) is 0 Å². The van der Waals surface area contributed by atoms with E-state index < -0.39 is 11.9 Å². The van der Waals surface area contributed by atoms with Gasteiger partial charge in [-0.2, -0.15) is 0 Å². The van der Waals surface area contributed by atoms with Crippen molar-refractivity contribution < 1.29 is 24.2 Å². The van der Waals surface area contributed by atoms with Crippen molar-refractivity contribution in [3.05, 3.63) is 23.8 Å².